The normalized spacial score (nSPS) is 24.1. The van der Waals surface area contributed by atoms with E-state index in [-0.39, 0.29) is 35.0 Å². The van der Waals surface area contributed by atoms with Crippen molar-refractivity contribution in [3.8, 4) is 11.5 Å². The number of phenols is 1. The maximum atomic E-state index is 12.2. The molecule has 1 aliphatic carbocycles. The second-order valence-corrected chi connectivity index (χ2v) is 5.65. The van der Waals surface area contributed by atoms with Gasteiger partial charge in [-0.1, -0.05) is 0 Å². The van der Waals surface area contributed by atoms with Crippen LogP contribution in [-0.2, 0) is 11.2 Å². The number of ether oxygens (including phenoxy) is 2. The lowest BCUT2D eigenvalue weighted by Crippen LogP contribution is -2.14. The van der Waals surface area contributed by atoms with E-state index in [4.69, 9.17) is 13.9 Å². The van der Waals surface area contributed by atoms with Gasteiger partial charge in [0.25, 0.3) is 6.29 Å². The number of benzene rings is 1. The van der Waals surface area contributed by atoms with Crippen LogP contribution in [0, 0.1) is 0 Å². The summed E-state index contributed by atoms with van der Waals surface area (Å²) in [5.41, 5.74) is 0.963. The molecule has 0 bridgehead atoms. The van der Waals surface area contributed by atoms with E-state index in [0.717, 1.165) is 0 Å². The highest BCUT2D eigenvalue weighted by atomic mass is 16.7. The van der Waals surface area contributed by atoms with Crippen LogP contribution in [0.5, 0.6) is 11.5 Å². The van der Waals surface area contributed by atoms with Crippen molar-refractivity contribution in [3.63, 3.8) is 0 Å². The summed E-state index contributed by atoms with van der Waals surface area (Å²) < 4.78 is 16.4. The third-order valence-corrected chi connectivity index (χ3v) is 4.51. The third-order valence-electron chi connectivity index (χ3n) is 4.51. The Kier molecular flexibility index (Phi) is 2.00. The summed E-state index contributed by atoms with van der Waals surface area (Å²) >= 11 is 0. The van der Waals surface area contributed by atoms with Crippen LogP contribution >= 0.6 is 0 Å². The summed E-state index contributed by atoms with van der Waals surface area (Å²) in [5, 5.41) is 10.8. The van der Waals surface area contributed by atoms with Crippen LogP contribution in [-0.4, -0.2) is 17.2 Å². The second kappa shape index (κ2) is 3.71. The summed E-state index contributed by atoms with van der Waals surface area (Å²) in [4.78, 5) is 24.0. The van der Waals surface area contributed by atoms with E-state index in [1.807, 2.05) is 6.08 Å². The van der Waals surface area contributed by atoms with Crippen LogP contribution in [0.2, 0.25) is 0 Å². The monoisotopic (exact) mass is 298 g/mol. The lowest BCUT2D eigenvalue weighted by atomic mass is 9.95. The zero-order valence-corrected chi connectivity index (χ0v) is 11.3. The first-order valence-electron chi connectivity index (χ1n) is 7.02. The molecule has 2 aromatic rings. The van der Waals surface area contributed by atoms with Crippen LogP contribution in [0.1, 0.15) is 33.8 Å². The summed E-state index contributed by atoms with van der Waals surface area (Å²) in [6.07, 6.45) is 3.57. The largest absolute Gasteiger partial charge is 0.507 e. The molecule has 3 heterocycles. The third kappa shape index (κ3) is 1.25. The van der Waals surface area contributed by atoms with Gasteiger partial charge in [-0.2, -0.15) is 0 Å². The Morgan fingerprint density at radius 1 is 1.23 bits per heavy atom. The molecule has 22 heavy (non-hydrogen) atoms. The SMILES string of the molecule is O=C1CCc2c1c(=O)oc1c3c(cc(O)c21)OC1OC=CC31. The van der Waals surface area contributed by atoms with Gasteiger partial charge in [0.15, 0.2) is 5.78 Å². The number of hydrogen-bond acceptors (Lipinski definition) is 6. The standard InChI is InChI=1S/C16H10O6/c17-8-2-1-6-11-9(18)5-10-13(7-3-4-20-16(7)21-10)14(11)22-15(19)12(6)8/h3-5,7,16,18H,1-2H2. The Hall–Kier alpha value is -2.76. The highest BCUT2D eigenvalue weighted by molar-refractivity contribution is 6.06. The Morgan fingerprint density at radius 2 is 2.09 bits per heavy atom. The van der Waals surface area contributed by atoms with E-state index in [1.165, 1.54) is 6.07 Å². The molecule has 0 saturated heterocycles. The van der Waals surface area contributed by atoms with Gasteiger partial charge in [-0.05, 0) is 18.1 Å². The van der Waals surface area contributed by atoms with Crippen molar-refractivity contribution in [2.45, 2.75) is 25.0 Å². The van der Waals surface area contributed by atoms with Crippen LogP contribution in [0.15, 0.2) is 27.6 Å². The van der Waals surface area contributed by atoms with Crippen LogP contribution < -0.4 is 10.4 Å². The number of aromatic hydroxyl groups is 1. The Balaban J connectivity index is 1.94. The molecule has 0 fully saturated rings. The summed E-state index contributed by atoms with van der Waals surface area (Å²) in [5.74, 6) is -0.0237. The lowest BCUT2D eigenvalue weighted by molar-refractivity contribution is -0.00484. The Bertz CT molecular complexity index is 951. The number of aryl methyl sites for hydroxylation is 1. The number of carbonyl (C=O) groups is 1. The van der Waals surface area contributed by atoms with Crippen molar-refractivity contribution in [2.24, 2.45) is 0 Å². The number of Topliss-reactive ketones (excluding diaryl/α,β-unsaturated/α-hetero) is 1. The molecule has 0 radical (unpaired) electrons. The Morgan fingerprint density at radius 3 is 2.95 bits per heavy atom. The first-order chi connectivity index (χ1) is 10.6. The smallest absolute Gasteiger partial charge is 0.347 e. The van der Waals surface area contributed by atoms with E-state index in [0.29, 0.717) is 28.7 Å². The van der Waals surface area contributed by atoms with Crippen molar-refractivity contribution in [2.75, 3.05) is 0 Å². The van der Waals surface area contributed by atoms with Crippen molar-refractivity contribution in [1.82, 2.24) is 0 Å². The van der Waals surface area contributed by atoms with Crippen molar-refractivity contribution >= 4 is 16.8 Å². The molecule has 1 aromatic carbocycles. The molecule has 1 N–H and O–H groups in total. The summed E-state index contributed by atoms with van der Waals surface area (Å²) in [7, 11) is 0. The van der Waals surface area contributed by atoms with E-state index in [1.54, 1.807) is 6.26 Å². The molecular formula is C16H10O6. The molecule has 0 saturated carbocycles. The van der Waals surface area contributed by atoms with Gasteiger partial charge >= 0.3 is 5.63 Å². The zero-order chi connectivity index (χ0) is 15.0. The number of ketones is 1. The predicted molar refractivity (Wildman–Crippen MR) is 74.2 cm³/mol. The number of carbonyl (C=O) groups excluding carboxylic acids is 1. The molecule has 5 rings (SSSR count). The number of fused-ring (bicyclic) bond motifs is 7. The molecular weight excluding hydrogens is 288 g/mol. The lowest BCUT2D eigenvalue weighted by Gasteiger charge is -2.10. The maximum Gasteiger partial charge on any atom is 0.347 e. The highest BCUT2D eigenvalue weighted by Crippen LogP contribution is 2.49. The van der Waals surface area contributed by atoms with E-state index in [9.17, 15) is 14.7 Å². The quantitative estimate of drug-likeness (QED) is 0.748. The number of rotatable bonds is 0. The minimum absolute atomic E-state index is 0.0487. The maximum absolute atomic E-state index is 12.2. The first kappa shape index (κ1) is 11.9. The zero-order valence-electron chi connectivity index (χ0n) is 11.3. The van der Waals surface area contributed by atoms with E-state index < -0.39 is 11.9 Å². The molecule has 0 spiro atoms. The van der Waals surface area contributed by atoms with Gasteiger partial charge in [-0.3, -0.25) is 4.79 Å². The average molecular weight is 298 g/mol. The topological polar surface area (TPSA) is 86.0 Å². The molecule has 2 unspecified atom stereocenters. The van der Waals surface area contributed by atoms with Crippen molar-refractivity contribution in [3.05, 3.63) is 45.5 Å². The molecule has 6 heteroatoms. The summed E-state index contributed by atoms with van der Waals surface area (Å²) in [6.45, 7) is 0. The fourth-order valence-electron chi connectivity index (χ4n) is 3.58. The minimum Gasteiger partial charge on any atom is -0.507 e. The van der Waals surface area contributed by atoms with Gasteiger partial charge in [0.2, 0.25) is 0 Å². The number of hydrogen-bond donors (Lipinski definition) is 1. The van der Waals surface area contributed by atoms with Crippen molar-refractivity contribution < 1.29 is 23.8 Å². The van der Waals surface area contributed by atoms with Gasteiger partial charge in [-0.25, -0.2) is 4.79 Å². The van der Waals surface area contributed by atoms with Crippen LogP contribution in [0.25, 0.3) is 11.0 Å². The van der Waals surface area contributed by atoms with Crippen LogP contribution in [0.4, 0.5) is 0 Å². The second-order valence-electron chi connectivity index (χ2n) is 5.65. The van der Waals surface area contributed by atoms with E-state index >= 15 is 0 Å². The molecule has 2 atom stereocenters. The average Bonchev–Trinajstić information content (AvgIpc) is 3.13. The molecule has 6 nitrogen and oxygen atoms in total. The molecule has 110 valence electrons. The molecule has 2 aliphatic heterocycles. The van der Waals surface area contributed by atoms with Gasteiger partial charge in [0, 0.05) is 12.5 Å². The molecule has 1 aromatic heterocycles. The molecule has 3 aliphatic rings. The predicted octanol–water partition coefficient (Wildman–Crippen LogP) is 1.97. The van der Waals surface area contributed by atoms with Gasteiger partial charge in [0.1, 0.15) is 22.6 Å². The first-order valence-corrected chi connectivity index (χ1v) is 7.02. The van der Waals surface area contributed by atoms with Gasteiger partial charge in [-0.15, -0.1) is 0 Å². The van der Waals surface area contributed by atoms with Gasteiger partial charge in [0.05, 0.1) is 23.1 Å². The van der Waals surface area contributed by atoms with Gasteiger partial charge < -0.3 is 19.0 Å². The fourth-order valence-corrected chi connectivity index (χ4v) is 3.58. The minimum atomic E-state index is -0.649. The number of phenolic OH excluding ortho intramolecular Hbond substituents is 1. The summed E-state index contributed by atoms with van der Waals surface area (Å²) in [6, 6.07) is 1.50. The van der Waals surface area contributed by atoms with Crippen molar-refractivity contribution in [1.29, 1.82) is 0 Å². The molecule has 0 amide bonds. The van der Waals surface area contributed by atoms with E-state index in [2.05, 4.69) is 0 Å². The highest BCUT2D eigenvalue weighted by Gasteiger charge is 2.41. The fraction of sp³-hybridized carbons (Fsp3) is 0.250. The van der Waals surface area contributed by atoms with Crippen LogP contribution in [0.3, 0.4) is 0 Å². The Labute approximate surface area is 123 Å².